The highest BCUT2D eigenvalue weighted by Gasteiger charge is 2.38. The first-order valence-electron chi connectivity index (χ1n) is 16.3. The van der Waals surface area contributed by atoms with Crippen LogP contribution in [0.25, 0.3) is 33.1 Å². The van der Waals surface area contributed by atoms with Crippen LogP contribution in [0, 0.1) is 5.92 Å². The maximum absolute atomic E-state index is 2.59. The van der Waals surface area contributed by atoms with Gasteiger partial charge in [0.15, 0.2) is 0 Å². The molecule has 4 aromatic carbocycles. The molecule has 44 heavy (non-hydrogen) atoms. The van der Waals surface area contributed by atoms with Gasteiger partial charge in [0.05, 0.1) is 17.1 Å². The average Bonchev–Trinajstić information content (AvgIpc) is 3.61. The van der Waals surface area contributed by atoms with E-state index in [0.717, 1.165) is 19.3 Å². The third-order valence-corrected chi connectivity index (χ3v) is 10.2. The van der Waals surface area contributed by atoms with E-state index in [9.17, 15) is 0 Å². The van der Waals surface area contributed by atoms with Crippen molar-refractivity contribution in [2.75, 3.05) is 4.90 Å². The summed E-state index contributed by atoms with van der Waals surface area (Å²) in [4.78, 5) is 2.53. The Labute approximate surface area is 259 Å². The SMILES string of the molecule is C1=CCCC(n2c3ccccc3c3cc(C4=CC(C5=CC6c7ccccc7N(c7ccccc7)C6C=C5)CCC4)ccc32)=C1. The molecular formula is C42H36N2. The molecule has 4 aliphatic rings. The zero-order valence-electron chi connectivity index (χ0n) is 24.9. The van der Waals surface area contributed by atoms with Gasteiger partial charge in [-0.2, -0.15) is 0 Å². The molecule has 3 aliphatic carbocycles. The topological polar surface area (TPSA) is 8.17 Å². The van der Waals surface area contributed by atoms with Crippen LogP contribution < -0.4 is 4.90 Å². The van der Waals surface area contributed by atoms with Gasteiger partial charge >= 0.3 is 0 Å². The standard InChI is InChI=1S/C42H36N2/c1-3-14-33(15-4-1)43-39-20-9-7-18-35(39)37-27-31(22-24-41(37)43)29-12-11-13-30(26-29)32-23-25-42-38(28-32)36-19-8-10-21-40(36)44(42)34-16-5-2-6-17-34/h1-5,7-10,14-16,18-29,37,41H,6,11-13,17H2. The maximum atomic E-state index is 2.59. The third kappa shape index (κ3) is 4.08. The van der Waals surface area contributed by atoms with Crippen molar-refractivity contribution in [3.05, 3.63) is 156 Å². The minimum atomic E-state index is 0.320. The van der Waals surface area contributed by atoms with Gasteiger partial charge in [0.2, 0.25) is 0 Å². The molecule has 0 saturated carbocycles. The summed E-state index contributed by atoms with van der Waals surface area (Å²) >= 11 is 0. The molecule has 2 nitrogen and oxygen atoms in total. The Morgan fingerprint density at radius 2 is 1.57 bits per heavy atom. The molecular weight excluding hydrogens is 532 g/mol. The molecule has 3 unspecified atom stereocenters. The Kier molecular flexibility index (Phi) is 6.07. The molecule has 9 rings (SSSR count). The number of rotatable bonds is 4. The molecule has 3 atom stereocenters. The van der Waals surface area contributed by atoms with Gasteiger partial charge in [0, 0.05) is 39.7 Å². The number of hydrogen-bond donors (Lipinski definition) is 0. The van der Waals surface area contributed by atoms with Crippen molar-refractivity contribution in [3.8, 4) is 0 Å². The van der Waals surface area contributed by atoms with Gasteiger partial charge in [-0.1, -0.05) is 97.1 Å². The smallest absolute Gasteiger partial charge is 0.0629 e. The predicted octanol–water partition coefficient (Wildman–Crippen LogP) is 11.0. The summed E-state index contributed by atoms with van der Waals surface area (Å²) in [6, 6.07) is 36.3. The van der Waals surface area contributed by atoms with Crippen molar-refractivity contribution < 1.29 is 0 Å². The molecule has 214 valence electrons. The van der Waals surface area contributed by atoms with E-state index in [4.69, 9.17) is 0 Å². The quantitative estimate of drug-likeness (QED) is 0.209. The van der Waals surface area contributed by atoms with Crippen LogP contribution >= 0.6 is 0 Å². The van der Waals surface area contributed by atoms with Crippen LogP contribution in [-0.4, -0.2) is 10.6 Å². The summed E-state index contributed by atoms with van der Waals surface area (Å²) < 4.78 is 2.49. The fraction of sp³-hybridized carbons (Fsp3) is 0.190. The Morgan fingerprint density at radius 3 is 2.48 bits per heavy atom. The number of nitrogens with zero attached hydrogens (tertiary/aromatic N) is 2. The molecule has 0 amide bonds. The summed E-state index contributed by atoms with van der Waals surface area (Å²) in [5.74, 6) is 0.821. The van der Waals surface area contributed by atoms with E-state index in [2.05, 4.69) is 149 Å². The highest BCUT2D eigenvalue weighted by molar-refractivity contribution is 6.10. The molecule has 0 saturated heterocycles. The van der Waals surface area contributed by atoms with E-state index < -0.39 is 0 Å². The first kappa shape index (κ1) is 25.7. The largest absolute Gasteiger partial charge is 0.333 e. The van der Waals surface area contributed by atoms with Gasteiger partial charge in [-0.3, -0.25) is 0 Å². The number of aromatic nitrogens is 1. The number of para-hydroxylation sites is 3. The maximum Gasteiger partial charge on any atom is 0.0629 e. The highest BCUT2D eigenvalue weighted by Crippen LogP contribution is 2.49. The van der Waals surface area contributed by atoms with Crippen molar-refractivity contribution in [1.29, 1.82) is 0 Å². The van der Waals surface area contributed by atoms with E-state index in [1.165, 1.54) is 74.0 Å². The Bertz CT molecular complexity index is 2070. The van der Waals surface area contributed by atoms with E-state index in [0.29, 0.717) is 17.9 Å². The summed E-state index contributed by atoms with van der Waals surface area (Å²) in [6.45, 7) is 0. The lowest BCUT2D eigenvalue weighted by Gasteiger charge is -2.31. The van der Waals surface area contributed by atoms with Crippen LogP contribution in [0.15, 0.2) is 145 Å². The lowest BCUT2D eigenvalue weighted by atomic mass is 9.78. The fourth-order valence-electron chi connectivity index (χ4n) is 8.19. The monoisotopic (exact) mass is 568 g/mol. The second kappa shape index (κ2) is 10.4. The molecule has 0 N–H and O–H groups in total. The van der Waals surface area contributed by atoms with Gasteiger partial charge in [0.1, 0.15) is 0 Å². The summed E-state index contributed by atoms with van der Waals surface area (Å²) in [6.07, 6.45) is 22.6. The lowest BCUT2D eigenvalue weighted by molar-refractivity contribution is 0.610. The van der Waals surface area contributed by atoms with Crippen molar-refractivity contribution in [2.24, 2.45) is 5.92 Å². The molecule has 1 aliphatic heterocycles. The fourth-order valence-corrected chi connectivity index (χ4v) is 8.19. The zero-order valence-corrected chi connectivity index (χ0v) is 24.9. The van der Waals surface area contributed by atoms with E-state index >= 15 is 0 Å². The summed E-state index contributed by atoms with van der Waals surface area (Å²) in [7, 11) is 0. The van der Waals surface area contributed by atoms with Crippen molar-refractivity contribution >= 4 is 44.5 Å². The van der Waals surface area contributed by atoms with Crippen LogP contribution in [0.4, 0.5) is 11.4 Å². The van der Waals surface area contributed by atoms with Crippen molar-refractivity contribution in [1.82, 2.24) is 4.57 Å². The first-order chi connectivity index (χ1) is 21.8. The Balaban J connectivity index is 1.08. The van der Waals surface area contributed by atoms with Crippen LogP contribution in [0.5, 0.6) is 0 Å². The zero-order chi connectivity index (χ0) is 29.0. The van der Waals surface area contributed by atoms with Crippen LogP contribution in [0.2, 0.25) is 0 Å². The number of fused-ring (bicyclic) bond motifs is 6. The van der Waals surface area contributed by atoms with Crippen molar-refractivity contribution in [3.63, 3.8) is 0 Å². The van der Waals surface area contributed by atoms with E-state index in [1.807, 2.05) is 0 Å². The normalized spacial score (nSPS) is 22.5. The molecule has 0 radical (unpaired) electrons. The van der Waals surface area contributed by atoms with Crippen LogP contribution in [0.3, 0.4) is 0 Å². The van der Waals surface area contributed by atoms with E-state index in [-0.39, 0.29) is 0 Å². The molecule has 2 heteroatoms. The second-order valence-corrected chi connectivity index (χ2v) is 12.7. The second-order valence-electron chi connectivity index (χ2n) is 12.7. The van der Waals surface area contributed by atoms with Gasteiger partial charge in [0.25, 0.3) is 0 Å². The number of benzene rings is 4. The number of allylic oxidation sites excluding steroid dienone is 8. The minimum Gasteiger partial charge on any atom is -0.333 e. The number of hydrogen-bond acceptors (Lipinski definition) is 1. The Morgan fingerprint density at radius 1 is 0.727 bits per heavy atom. The lowest BCUT2D eigenvalue weighted by Crippen LogP contribution is -2.29. The first-order valence-corrected chi connectivity index (χ1v) is 16.3. The average molecular weight is 569 g/mol. The summed E-state index contributed by atoms with van der Waals surface area (Å²) in [5, 5.41) is 2.71. The third-order valence-electron chi connectivity index (χ3n) is 10.2. The van der Waals surface area contributed by atoms with Gasteiger partial charge in [-0.15, -0.1) is 0 Å². The predicted molar refractivity (Wildman–Crippen MR) is 186 cm³/mol. The molecule has 1 aromatic heterocycles. The van der Waals surface area contributed by atoms with Gasteiger partial charge in [-0.05, 0) is 96.9 Å². The van der Waals surface area contributed by atoms with Crippen LogP contribution in [-0.2, 0) is 0 Å². The number of anilines is 2. The van der Waals surface area contributed by atoms with Crippen LogP contribution in [0.1, 0.15) is 49.1 Å². The van der Waals surface area contributed by atoms with Crippen molar-refractivity contribution in [2.45, 2.75) is 44.1 Å². The van der Waals surface area contributed by atoms with E-state index in [1.54, 1.807) is 0 Å². The Hall–Kier alpha value is -4.82. The molecule has 0 fully saturated rings. The van der Waals surface area contributed by atoms with Gasteiger partial charge < -0.3 is 9.47 Å². The van der Waals surface area contributed by atoms with Gasteiger partial charge in [-0.25, -0.2) is 0 Å². The summed E-state index contributed by atoms with van der Waals surface area (Å²) in [5.41, 5.74) is 12.4. The molecule has 5 aromatic rings. The minimum absolute atomic E-state index is 0.320. The molecule has 0 spiro atoms. The molecule has 2 heterocycles. The highest BCUT2D eigenvalue weighted by atomic mass is 15.2. The molecule has 0 bridgehead atoms.